The van der Waals surface area contributed by atoms with Crippen LogP contribution in [0.2, 0.25) is 0 Å². The lowest BCUT2D eigenvalue weighted by Gasteiger charge is -2.47. The van der Waals surface area contributed by atoms with Crippen molar-refractivity contribution in [1.82, 2.24) is 29.9 Å². The first-order chi connectivity index (χ1) is 16.2. The van der Waals surface area contributed by atoms with Crippen molar-refractivity contribution in [2.75, 3.05) is 39.3 Å². The number of nitrogens with zero attached hydrogens (tertiary/aromatic N) is 5. The van der Waals surface area contributed by atoms with E-state index in [1.54, 1.807) is 0 Å². The van der Waals surface area contributed by atoms with Gasteiger partial charge in [0, 0.05) is 50.5 Å². The summed E-state index contributed by atoms with van der Waals surface area (Å²) in [6.45, 7) is 12.4. The number of aromatic amines is 1. The molecule has 0 amide bonds. The number of H-pyrrole nitrogens is 1. The Hall–Kier alpha value is -2.34. The lowest BCUT2D eigenvalue weighted by Crippen LogP contribution is -2.49. The third kappa shape index (κ3) is 4.68. The topological polar surface area (TPSA) is 51.3 Å². The SMILES string of the molecule is C=C(N1CCC(c2nnc(C3CC3)[nH]2)CC1)N1CC(c2ccc(CN3CCCCC3)cc2)C1. The quantitative estimate of drug-likeness (QED) is 0.682. The van der Waals surface area contributed by atoms with Crippen LogP contribution in [0.1, 0.15) is 85.5 Å². The van der Waals surface area contributed by atoms with Crippen LogP contribution in [0.3, 0.4) is 0 Å². The minimum absolute atomic E-state index is 0.515. The number of piperidine rings is 2. The first kappa shape index (κ1) is 21.2. The fourth-order valence-electron chi connectivity index (χ4n) is 5.80. The van der Waals surface area contributed by atoms with E-state index in [1.165, 1.54) is 62.1 Å². The first-order valence-corrected chi connectivity index (χ1v) is 13.2. The minimum Gasteiger partial charge on any atom is -0.359 e. The van der Waals surface area contributed by atoms with Gasteiger partial charge in [-0.2, -0.15) is 0 Å². The molecule has 0 unspecified atom stereocenters. The van der Waals surface area contributed by atoms with Gasteiger partial charge in [-0.15, -0.1) is 10.2 Å². The van der Waals surface area contributed by atoms with Crippen molar-refractivity contribution in [2.45, 2.75) is 69.2 Å². The molecule has 0 bridgehead atoms. The second-order valence-corrected chi connectivity index (χ2v) is 10.7. The molecule has 0 radical (unpaired) electrons. The highest BCUT2D eigenvalue weighted by Crippen LogP contribution is 2.39. The van der Waals surface area contributed by atoms with E-state index >= 15 is 0 Å². The zero-order valence-corrected chi connectivity index (χ0v) is 19.9. The predicted octanol–water partition coefficient (Wildman–Crippen LogP) is 4.42. The Morgan fingerprint density at radius 3 is 2.06 bits per heavy atom. The molecule has 1 N–H and O–H groups in total. The van der Waals surface area contributed by atoms with Crippen molar-refractivity contribution in [1.29, 1.82) is 0 Å². The van der Waals surface area contributed by atoms with Crippen molar-refractivity contribution < 1.29 is 0 Å². The number of hydrogen-bond donors (Lipinski definition) is 1. The summed E-state index contributed by atoms with van der Waals surface area (Å²) >= 11 is 0. The maximum Gasteiger partial charge on any atom is 0.133 e. The molecule has 176 valence electrons. The highest BCUT2D eigenvalue weighted by Gasteiger charge is 2.33. The van der Waals surface area contributed by atoms with Crippen LogP contribution in [0.15, 0.2) is 36.7 Å². The molecule has 0 atom stereocenters. The van der Waals surface area contributed by atoms with E-state index in [-0.39, 0.29) is 0 Å². The monoisotopic (exact) mass is 446 g/mol. The molecule has 6 heteroatoms. The van der Waals surface area contributed by atoms with Crippen LogP contribution in [0.5, 0.6) is 0 Å². The molecule has 1 aromatic carbocycles. The normalized spacial score (nSPS) is 23.0. The number of benzene rings is 1. The lowest BCUT2D eigenvalue weighted by molar-refractivity contribution is 0.114. The zero-order valence-electron chi connectivity index (χ0n) is 19.9. The summed E-state index contributed by atoms with van der Waals surface area (Å²) in [5.41, 5.74) is 2.94. The van der Waals surface area contributed by atoms with Crippen molar-refractivity contribution in [2.24, 2.45) is 0 Å². The maximum absolute atomic E-state index is 4.46. The number of hydrogen-bond acceptors (Lipinski definition) is 5. The smallest absolute Gasteiger partial charge is 0.133 e. The molecule has 6 rings (SSSR count). The summed E-state index contributed by atoms with van der Waals surface area (Å²) in [5.74, 6) is 5.23. The van der Waals surface area contributed by atoms with Crippen molar-refractivity contribution in [3.63, 3.8) is 0 Å². The summed E-state index contributed by atoms with van der Waals surface area (Å²) in [6, 6.07) is 9.43. The molecule has 3 saturated heterocycles. The molecule has 4 fully saturated rings. The fourth-order valence-corrected chi connectivity index (χ4v) is 5.80. The standard InChI is InChI=1S/C27H38N6/c1-20(32-15-11-24(12-16-32)27-28-26(29-30-27)23-9-10-23)33-18-25(19-33)22-7-5-21(6-8-22)17-31-13-3-2-4-14-31/h5-8,23-25H,1-4,9-19H2,(H,28,29,30). The Morgan fingerprint density at radius 1 is 0.788 bits per heavy atom. The summed E-state index contributed by atoms with van der Waals surface area (Å²) in [4.78, 5) is 11.1. The Labute approximate surface area is 198 Å². The Kier molecular flexibility index (Phi) is 5.87. The largest absolute Gasteiger partial charge is 0.359 e. The van der Waals surface area contributed by atoms with Gasteiger partial charge in [0.05, 0.1) is 5.82 Å². The van der Waals surface area contributed by atoms with Crippen LogP contribution < -0.4 is 0 Å². The molecule has 1 aliphatic carbocycles. The minimum atomic E-state index is 0.515. The molecule has 1 aromatic heterocycles. The van der Waals surface area contributed by atoms with Gasteiger partial charge < -0.3 is 14.8 Å². The average molecular weight is 447 g/mol. The third-order valence-corrected chi connectivity index (χ3v) is 8.28. The molecule has 0 spiro atoms. The molecule has 2 aromatic rings. The van der Waals surface area contributed by atoms with Crippen molar-refractivity contribution in [3.8, 4) is 0 Å². The zero-order chi connectivity index (χ0) is 22.2. The van der Waals surface area contributed by atoms with Gasteiger partial charge in [-0.25, -0.2) is 0 Å². The molecular formula is C27H38N6. The number of nitrogens with one attached hydrogen (secondary N) is 1. The molecule has 6 nitrogen and oxygen atoms in total. The summed E-state index contributed by atoms with van der Waals surface area (Å²) in [6.07, 6.45) is 8.93. The van der Waals surface area contributed by atoms with E-state index in [0.717, 1.165) is 57.2 Å². The highest BCUT2D eigenvalue weighted by molar-refractivity contribution is 5.28. The van der Waals surface area contributed by atoms with Crippen LogP contribution in [-0.2, 0) is 6.54 Å². The van der Waals surface area contributed by atoms with E-state index in [2.05, 4.69) is 60.7 Å². The van der Waals surface area contributed by atoms with Gasteiger partial charge in [-0.1, -0.05) is 37.3 Å². The van der Waals surface area contributed by atoms with Gasteiger partial charge in [-0.05, 0) is 62.7 Å². The van der Waals surface area contributed by atoms with E-state index in [0.29, 0.717) is 17.8 Å². The first-order valence-electron chi connectivity index (χ1n) is 13.2. The van der Waals surface area contributed by atoms with Crippen LogP contribution >= 0.6 is 0 Å². The van der Waals surface area contributed by atoms with Crippen LogP contribution in [0.4, 0.5) is 0 Å². The maximum atomic E-state index is 4.46. The number of likely N-dealkylation sites (tertiary alicyclic amines) is 3. The van der Waals surface area contributed by atoms with Crippen LogP contribution in [-0.4, -0.2) is 69.1 Å². The van der Waals surface area contributed by atoms with Gasteiger partial charge >= 0.3 is 0 Å². The lowest BCUT2D eigenvalue weighted by atomic mass is 9.90. The third-order valence-electron chi connectivity index (χ3n) is 8.28. The van der Waals surface area contributed by atoms with E-state index in [4.69, 9.17) is 0 Å². The molecule has 1 saturated carbocycles. The summed E-state index contributed by atoms with van der Waals surface area (Å²) in [5, 5.41) is 8.84. The highest BCUT2D eigenvalue weighted by atomic mass is 15.4. The van der Waals surface area contributed by atoms with E-state index in [9.17, 15) is 0 Å². The second kappa shape index (κ2) is 9.13. The Balaban J connectivity index is 0.959. The van der Waals surface area contributed by atoms with Crippen molar-refractivity contribution >= 4 is 0 Å². The molecule has 4 aliphatic rings. The van der Waals surface area contributed by atoms with Crippen LogP contribution in [0.25, 0.3) is 0 Å². The van der Waals surface area contributed by atoms with Crippen LogP contribution in [0, 0.1) is 0 Å². The fraction of sp³-hybridized carbons (Fsp3) is 0.630. The van der Waals surface area contributed by atoms with Crippen molar-refractivity contribution in [3.05, 3.63) is 59.4 Å². The molecule has 3 aliphatic heterocycles. The Bertz CT molecular complexity index is 941. The number of rotatable bonds is 7. The van der Waals surface area contributed by atoms with Gasteiger partial charge in [0.25, 0.3) is 0 Å². The molecular weight excluding hydrogens is 408 g/mol. The molecule has 4 heterocycles. The summed E-state index contributed by atoms with van der Waals surface area (Å²) in [7, 11) is 0. The van der Waals surface area contributed by atoms with Gasteiger partial charge in [-0.3, -0.25) is 4.90 Å². The second-order valence-electron chi connectivity index (χ2n) is 10.7. The Morgan fingerprint density at radius 2 is 1.42 bits per heavy atom. The summed E-state index contributed by atoms with van der Waals surface area (Å²) < 4.78 is 0. The van der Waals surface area contributed by atoms with Gasteiger partial charge in [0.15, 0.2) is 0 Å². The van der Waals surface area contributed by atoms with Gasteiger partial charge in [0.2, 0.25) is 0 Å². The van der Waals surface area contributed by atoms with Gasteiger partial charge in [0.1, 0.15) is 11.6 Å². The average Bonchev–Trinajstić information content (AvgIpc) is 3.56. The number of aromatic nitrogens is 3. The van der Waals surface area contributed by atoms with E-state index < -0.39 is 0 Å². The predicted molar refractivity (Wildman–Crippen MR) is 131 cm³/mol. The van der Waals surface area contributed by atoms with E-state index in [1.807, 2.05) is 0 Å². The molecule has 33 heavy (non-hydrogen) atoms.